The largest absolute Gasteiger partial charge is 0.493 e. The number of carbonyl (C=O) groups is 1. The van der Waals surface area contributed by atoms with Crippen LogP contribution in [0.25, 0.3) is 0 Å². The molecule has 2 aromatic carbocycles. The molecule has 0 heterocycles. The van der Waals surface area contributed by atoms with Gasteiger partial charge in [-0.15, -0.1) is 0 Å². The lowest BCUT2D eigenvalue weighted by Gasteiger charge is -2.12. The monoisotopic (exact) mass is 330 g/mol. The molecule has 2 aromatic rings. The van der Waals surface area contributed by atoms with Crippen LogP contribution in [0.3, 0.4) is 0 Å². The number of methoxy groups -OCH3 is 1. The summed E-state index contributed by atoms with van der Waals surface area (Å²) in [5.41, 5.74) is 2.02. The summed E-state index contributed by atoms with van der Waals surface area (Å²) in [5, 5.41) is 17.7. The summed E-state index contributed by atoms with van der Waals surface area (Å²) in [6.07, 6.45) is 2.07. The Kier molecular flexibility index (Phi) is 6.63. The average molecular weight is 330 g/mol. The van der Waals surface area contributed by atoms with E-state index in [9.17, 15) is 4.79 Å². The molecule has 2 rings (SSSR count). The normalized spacial score (nSPS) is 10.4. The van der Waals surface area contributed by atoms with E-state index in [0.29, 0.717) is 30.1 Å². The van der Waals surface area contributed by atoms with E-state index in [1.807, 2.05) is 42.5 Å². The first-order chi connectivity index (χ1) is 11.6. The molecule has 0 aliphatic carbocycles. The van der Waals surface area contributed by atoms with Crippen LogP contribution in [-0.2, 0) is 17.6 Å². The molecule has 2 N–H and O–H groups in total. The van der Waals surface area contributed by atoms with Gasteiger partial charge < -0.3 is 19.7 Å². The van der Waals surface area contributed by atoms with Gasteiger partial charge in [0, 0.05) is 13.0 Å². The van der Waals surface area contributed by atoms with Crippen LogP contribution in [0.2, 0.25) is 0 Å². The summed E-state index contributed by atoms with van der Waals surface area (Å²) >= 11 is 0. The molecule has 0 aliphatic heterocycles. The van der Waals surface area contributed by atoms with E-state index < -0.39 is 5.97 Å². The van der Waals surface area contributed by atoms with Gasteiger partial charge in [-0.3, -0.25) is 4.79 Å². The molecule has 0 saturated heterocycles. The van der Waals surface area contributed by atoms with Crippen LogP contribution in [0.4, 0.5) is 0 Å². The van der Waals surface area contributed by atoms with Crippen LogP contribution < -0.4 is 9.47 Å². The van der Waals surface area contributed by atoms with Crippen molar-refractivity contribution in [2.45, 2.75) is 25.7 Å². The molecule has 5 nitrogen and oxygen atoms in total. The van der Waals surface area contributed by atoms with E-state index in [1.165, 1.54) is 0 Å². The Balaban J connectivity index is 2.09. The highest BCUT2D eigenvalue weighted by Crippen LogP contribution is 2.32. The van der Waals surface area contributed by atoms with Crippen molar-refractivity contribution in [1.29, 1.82) is 0 Å². The second-order valence-electron chi connectivity index (χ2n) is 5.45. The first-order valence-electron chi connectivity index (χ1n) is 7.88. The van der Waals surface area contributed by atoms with Gasteiger partial charge in [-0.2, -0.15) is 0 Å². The molecule has 0 aromatic heterocycles. The average Bonchev–Trinajstić information content (AvgIpc) is 2.59. The third kappa shape index (κ3) is 5.28. The highest BCUT2D eigenvalue weighted by molar-refractivity contribution is 5.67. The Labute approximate surface area is 141 Å². The van der Waals surface area contributed by atoms with Gasteiger partial charge >= 0.3 is 5.97 Å². The molecule has 24 heavy (non-hydrogen) atoms. The molecule has 0 amide bonds. The quantitative estimate of drug-likeness (QED) is 0.737. The molecule has 0 spiro atoms. The number of carboxylic acids is 1. The van der Waals surface area contributed by atoms with Crippen molar-refractivity contribution in [2.75, 3.05) is 13.7 Å². The van der Waals surface area contributed by atoms with Crippen LogP contribution in [0.15, 0.2) is 42.5 Å². The Bertz CT molecular complexity index is 664. The van der Waals surface area contributed by atoms with Crippen molar-refractivity contribution in [3.63, 3.8) is 0 Å². The Morgan fingerprint density at radius 3 is 2.33 bits per heavy atom. The zero-order valence-corrected chi connectivity index (χ0v) is 13.7. The van der Waals surface area contributed by atoms with E-state index in [1.54, 1.807) is 7.11 Å². The zero-order valence-electron chi connectivity index (χ0n) is 13.7. The van der Waals surface area contributed by atoms with Crippen LogP contribution >= 0.6 is 0 Å². The maximum absolute atomic E-state index is 10.6. The molecule has 5 heteroatoms. The van der Waals surface area contributed by atoms with Crippen molar-refractivity contribution in [3.05, 3.63) is 53.6 Å². The number of benzene rings is 2. The molecular formula is C19H22O5. The molecule has 0 radical (unpaired) electrons. The molecule has 0 unspecified atom stereocenters. The second kappa shape index (κ2) is 8.93. The summed E-state index contributed by atoms with van der Waals surface area (Å²) in [6.45, 7) is 0.153. The van der Waals surface area contributed by atoms with Gasteiger partial charge in [0.2, 0.25) is 0 Å². The number of hydrogen-bond donors (Lipinski definition) is 2. The van der Waals surface area contributed by atoms with Gasteiger partial charge in [-0.1, -0.05) is 18.2 Å². The van der Waals surface area contributed by atoms with Gasteiger partial charge in [0.05, 0.1) is 7.11 Å². The van der Waals surface area contributed by atoms with E-state index in [4.69, 9.17) is 19.7 Å². The van der Waals surface area contributed by atoms with Crippen LogP contribution in [0, 0.1) is 0 Å². The van der Waals surface area contributed by atoms with Crippen LogP contribution in [-0.4, -0.2) is 29.9 Å². The number of aliphatic hydroxyl groups is 1. The lowest BCUT2D eigenvalue weighted by molar-refractivity contribution is -0.136. The van der Waals surface area contributed by atoms with Gasteiger partial charge in [-0.25, -0.2) is 0 Å². The number of aliphatic carboxylic acids is 1. The summed E-state index contributed by atoms with van der Waals surface area (Å²) in [4.78, 5) is 10.6. The maximum atomic E-state index is 10.6. The SMILES string of the molecule is COc1ccc(CCCO)cc1Oc1ccc(CCC(=O)O)cc1. The van der Waals surface area contributed by atoms with Gasteiger partial charge in [0.15, 0.2) is 11.5 Å². The fourth-order valence-electron chi connectivity index (χ4n) is 2.34. The van der Waals surface area contributed by atoms with Gasteiger partial charge in [0.1, 0.15) is 5.75 Å². The lowest BCUT2D eigenvalue weighted by atomic mass is 10.1. The van der Waals surface area contributed by atoms with E-state index in [-0.39, 0.29) is 13.0 Å². The topological polar surface area (TPSA) is 76.0 Å². The predicted octanol–water partition coefficient (Wildman–Crippen LogP) is 3.43. The van der Waals surface area contributed by atoms with Crippen molar-refractivity contribution < 1.29 is 24.5 Å². The summed E-state index contributed by atoms with van der Waals surface area (Å²) < 4.78 is 11.2. The number of hydrogen-bond acceptors (Lipinski definition) is 4. The highest BCUT2D eigenvalue weighted by atomic mass is 16.5. The number of rotatable bonds is 9. The molecular weight excluding hydrogens is 308 g/mol. The first kappa shape index (κ1) is 17.8. The van der Waals surface area contributed by atoms with Crippen LogP contribution in [0.1, 0.15) is 24.0 Å². The van der Waals surface area contributed by atoms with Crippen molar-refractivity contribution in [1.82, 2.24) is 0 Å². The number of aliphatic hydroxyl groups excluding tert-OH is 1. The van der Waals surface area contributed by atoms with Crippen molar-refractivity contribution in [3.8, 4) is 17.2 Å². The van der Waals surface area contributed by atoms with E-state index in [0.717, 1.165) is 17.5 Å². The second-order valence-corrected chi connectivity index (χ2v) is 5.45. The zero-order chi connectivity index (χ0) is 17.4. The Hall–Kier alpha value is -2.53. The van der Waals surface area contributed by atoms with Crippen molar-refractivity contribution in [2.24, 2.45) is 0 Å². The number of ether oxygens (including phenoxy) is 2. The smallest absolute Gasteiger partial charge is 0.303 e. The molecule has 128 valence electrons. The van der Waals surface area contributed by atoms with E-state index in [2.05, 4.69) is 0 Å². The maximum Gasteiger partial charge on any atom is 0.303 e. The fraction of sp³-hybridized carbons (Fsp3) is 0.316. The summed E-state index contributed by atoms with van der Waals surface area (Å²) in [6, 6.07) is 13.1. The highest BCUT2D eigenvalue weighted by Gasteiger charge is 2.08. The third-order valence-corrected chi connectivity index (χ3v) is 3.63. The molecule has 0 saturated carbocycles. The standard InChI is InChI=1S/C19H22O5/c1-23-17-10-6-15(3-2-12-20)13-18(17)24-16-8-4-14(5-9-16)7-11-19(21)22/h4-6,8-10,13,20H,2-3,7,11-12H2,1H3,(H,21,22). The molecule has 0 aliphatic rings. The Morgan fingerprint density at radius 1 is 1.00 bits per heavy atom. The van der Waals surface area contributed by atoms with Crippen molar-refractivity contribution >= 4 is 5.97 Å². The number of aryl methyl sites for hydroxylation is 2. The molecule has 0 atom stereocenters. The summed E-state index contributed by atoms with van der Waals surface area (Å²) in [5.74, 6) is 1.11. The number of carboxylic acid groups (broad SMARTS) is 1. The van der Waals surface area contributed by atoms with Crippen LogP contribution in [0.5, 0.6) is 17.2 Å². The Morgan fingerprint density at radius 2 is 1.71 bits per heavy atom. The van der Waals surface area contributed by atoms with Gasteiger partial charge in [0.25, 0.3) is 0 Å². The minimum Gasteiger partial charge on any atom is -0.493 e. The minimum atomic E-state index is -0.806. The lowest BCUT2D eigenvalue weighted by Crippen LogP contribution is -1.97. The third-order valence-electron chi connectivity index (χ3n) is 3.63. The molecule has 0 bridgehead atoms. The molecule has 0 fully saturated rings. The van der Waals surface area contributed by atoms with Gasteiger partial charge in [-0.05, 0) is 54.7 Å². The first-order valence-corrected chi connectivity index (χ1v) is 7.88. The minimum absolute atomic E-state index is 0.112. The fourth-order valence-corrected chi connectivity index (χ4v) is 2.34. The van der Waals surface area contributed by atoms with E-state index >= 15 is 0 Å². The summed E-state index contributed by atoms with van der Waals surface area (Å²) in [7, 11) is 1.59. The predicted molar refractivity (Wildman–Crippen MR) is 90.9 cm³/mol.